The van der Waals surface area contributed by atoms with Crippen molar-refractivity contribution in [2.45, 2.75) is 76.2 Å². The zero-order chi connectivity index (χ0) is 36.0. The number of carbonyl (C=O) groups is 6. The minimum atomic E-state index is -1.01. The molecule has 4 atom stereocenters. The number of amides is 6. The molecule has 14 nitrogen and oxygen atoms in total. The first-order chi connectivity index (χ1) is 24.5. The summed E-state index contributed by atoms with van der Waals surface area (Å²) in [5.74, 6) is 4.28. The fraction of sp³-hybridized carbons (Fsp3) is 0.432. The number of nitrogens with two attached hydrogens (primary N) is 1. The molecule has 6 amide bonds. The van der Waals surface area contributed by atoms with Crippen molar-refractivity contribution in [3.05, 3.63) is 64.3 Å². The number of aromatic nitrogens is 1. The van der Waals surface area contributed by atoms with Gasteiger partial charge in [0.1, 0.15) is 18.1 Å². The average molecular weight is 694 g/mol. The van der Waals surface area contributed by atoms with Crippen molar-refractivity contribution < 1.29 is 33.3 Å². The van der Waals surface area contributed by atoms with Crippen molar-refractivity contribution in [3.8, 4) is 11.8 Å². The minimum absolute atomic E-state index is 0.00648. The summed E-state index contributed by atoms with van der Waals surface area (Å²) < 4.78 is 5.37. The van der Waals surface area contributed by atoms with E-state index >= 15 is 0 Å². The van der Waals surface area contributed by atoms with Gasteiger partial charge in [0, 0.05) is 63.2 Å². The van der Waals surface area contributed by atoms with Crippen molar-refractivity contribution in [2.75, 3.05) is 26.7 Å². The van der Waals surface area contributed by atoms with Crippen molar-refractivity contribution in [1.82, 2.24) is 30.1 Å². The number of benzene rings is 2. The number of rotatable bonds is 5. The molecule has 0 bridgehead atoms. The number of carbonyl (C=O) groups excluding carboxylic acids is 6. The molecule has 264 valence electrons. The Hall–Kier alpha value is -5.55. The topological polar surface area (TPSA) is 179 Å². The second kappa shape index (κ2) is 13.6. The Morgan fingerprint density at radius 1 is 1.10 bits per heavy atom. The van der Waals surface area contributed by atoms with Gasteiger partial charge in [0.05, 0.1) is 5.39 Å². The molecule has 4 aliphatic heterocycles. The van der Waals surface area contributed by atoms with Crippen LogP contribution in [0.25, 0.3) is 11.0 Å². The van der Waals surface area contributed by atoms with Gasteiger partial charge in [-0.25, -0.2) is 0 Å². The number of aryl methyl sites for hydroxylation is 1. The molecule has 4 aliphatic rings. The molecule has 1 unspecified atom stereocenters. The van der Waals surface area contributed by atoms with E-state index in [0.717, 1.165) is 11.1 Å². The van der Waals surface area contributed by atoms with Gasteiger partial charge in [0.15, 0.2) is 11.3 Å². The van der Waals surface area contributed by atoms with Gasteiger partial charge in [-0.2, -0.15) is 0 Å². The van der Waals surface area contributed by atoms with E-state index in [1.54, 1.807) is 39.9 Å². The summed E-state index contributed by atoms with van der Waals surface area (Å²) in [6.07, 6.45) is 2.42. The van der Waals surface area contributed by atoms with Gasteiger partial charge in [-0.3, -0.25) is 34.1 Å². The van der Waals surface area contributed by atoms with Crippen LogP contribution in [0, 0.1) is 18.8 Å². The summed E-state index contributed by atoms with van der Waals surface area (Å²) >= 11 is 0. The van der Waals surface area contributed by atoms with Crippen LogP contribution in [0.3, 0.4) is 0 Å². The molecule has 7 rings (SSSR count). The van der Waals surface area contributed by atoms with E-state index < -0.39 is 24.0 Å². The number of imide groups is 1. The molecule has 3 saturated heterocycles. The van der Waals surface area contributed by atoms with Gasteiger partial charge in [-0.05, 0) is 62.4 Å². The highest BCUT2D eigenvalue weighted by molar-refractivity contribution is 6.06. The van der Waals surface area contributed by atoms with Crippen LogP contribution in [0.1, 0.15) is 76.1 Å². The van der Waals surface area contributed by atoms with Crippen LogP contribution in [-0.2, 0) is 25.7 Å². The maximum atomic E-state index is 13.7. The number of nitrogens with zero attached hydrogens (tertiary/aromatic N) is 5. The predicted octanol–water partition coefficient (Wildman–Crippen LogP) is 1.33. The van der Waals surface area contributed by atoms with Gasteiger partial charge < -0.3 is 29.9 Å². The van der Waals surface area contributed by atoms with Crippen LogP contribution in [0.4, 0.5) is 0 Å². The lowest BCUT2D eigenvalue weighted by Gasteiger charge is -2.38. The molecule has 3 aromatic rings. The number of nitrogens with one attached hydrogen (secondary N) is 1. The molecular weight excluding hydrogens is 654 g/mol. The standard InChI is InChI=1S/C37H39N7O7/c1-21-9-13-30-25(18-21)32(40-51-30)37(50)42-17-15-23-10-11-29(44(23)35(48)27(38)20-42)36(49)41(2)16-4-3-6-22-7-5-8-24-26(22)19-43(34(24)47)28-12-14-31(45)39-33(28)46/h5,7-9,13,18,23,27-29H,4,10-12,14-17,19-20,38H2,1-2H3,(H,39,45,46)/t23-,27+,28?,29+/m1/s1. The lowest BCUT2D eigenvalue weighted by atomic mass is 10.0. The highest BCUT2D eigenvalue weighted by Gasteiger charge is 2.45. The van der Waals surface area contributed by atoms with Crippen LogP contribution in [0.5, 0.6) is 0 Å². The highest BCUT2D eigenvalue weighted by Crippen LogP contribution is 2.32. The van der Waals surface area contributed by atoms with E-state index in [2.05, 4.69) is 22.3 Å². The minimum Gasteiger partial charge on any atom is -0.355 e. The van der Waals surface area contributed by atoms with Gasteiger partial charge in [0.2, 0.25) is 23.6 Å². The Kier molecular flexibility index (Phi) is 9.07. The van der Waals surface area contributed by atoms with E-state index in [0.29, 0.717) is 60.9 Å². The molecule has 0 spiro atoms. The molecule has 2 aromatic carbocycles. The maximum Gasteiger partial charge on any atom is 0.276 e. The predicted molar refractivity (Wildman–Crippen MR) is 183 cm³/mol. The summed E-state index contributed by atoms with van der Waals surface area (Å²) in [4.78, 5) is 84.4. The summed E-state index contributed by atoms with van der Waals surface area (Å²) in [6.45, 7) is 2.82. The van der Waals surface area contributed by atoms with Gasteiger partial charge >= 0.3 is 0 Å². The van der Waals surface area contributed by atoms with Crippen molar-refractivity contribution in [2.24, 2.45) is 5.73 Å². The zero-order valence-corrected chi connectivity index (χ0v) is 28.5. The quantitative estimate of drug-likeness (QED) is 0.295. The average Bonchev–Trinajstić information content (AvgIpc) is 3.82. The lowest BCUT2D eigenvalue weighted by molar-refractivity contribution is -0.146. The molecule has 0 aliphatic carbocycles. The second-order valence-corrected chi connectivity index (χ2v) is 13.7. The summed E-state index contributed by atoms with van der Waals surface area (Å²) in [6, 6.07) is 8.17. The SMILES string of the molecule is Cc1ccc2onc(C(=O)N3CC[C@H]4CC[C@@H](C(=O)N(C)CCC#Cc5cccc6c5CN(C5CCC(=O)NC5=O)C6=O)N4C(=O)[C@@H](N)C3)c2c1. The summed E-state index contributed by atoms with van der Waals surface area (Å²) in [5.41, 5.74) is 9.94. The van der Waals surface area contributed by atoms with E-state index in [9.17, 15) is 28.8 Å². The van der Waals surface area contributed by atoms with Crippen LogP contribution in [0.2, 0.25) is 0 Å². The molecule has 0 radical (unpaired) electrons. The Balaban J connectivity index is 0.968. The fourth-order valence-corrected chi connectivity index (χ4v) is 7.64. The van der Waals surface area contributed by atoms with Gasteiger partial charge in [-0.15, -0.1) is 0 Å². The van der Waals surface area contributed by atoms with E-state index in [1.807, 2.05) is 25.1 Å². The lowest BCUT2D eigenvalue weighted by Crippen LogP contribution is -2.59. The number of piperidine rings is 1. The molecule has 1 aromatic heterocycles. The molecule has 3 N–H and O–H groups in total. The van der Waals surface area contributed by atoms with Crippen LogP contribution in [0.15, 0.2) is 40.9 Å². The third-order valence-electron chi connectivity index (χ3n) is 10.4. The highest BCUT2D eigenvalue weighted by atomic mass is 16.5. The first-order valence-electron chi connectivity index (χ1n) is 17.2. The first-order valence-corrected chi connectivity index (χ1v) is 17.2. The fourth-order valence-electron chi connectivity index (χ4n) is 7.64. The number of likely N-dealkylation sites (N-methyl/N-ethyl adjacent to an activating group) is 1. The Morgan fingerprint density at radius 3 is 2.73 bits per heavy atom. The third kappa shape index (κ3) is 6.33. The van der Waals surface area contributed by atoms with Gasteiger partial charge in [0.25, 0.3) is 11.8 Å². The van der Waals surface area contributed by atoms with Crippen LogP contribution in [-0.4, -0.2) is 111 Å². The second-order valence-electron chi connectivity index (χ2n) is 13.7. The third-order valence-corrected chi connectivity index (χ3v) is 10.4. The van der Waals surface area contributed by atoms with Crippen molar-refractivity contribution in [1.29, 1.82) is 0 Å². The van der Waals surface area contributed by atoms with Crippen molar-refractivity contribution >= 4 is 46.4 Å². The monoisotopic (exact) mass is 693 g/mol. The summed E-state index contributed by atoms with van der Waals surface area (Å²) in [5, 5.41) is 6.95. The zero-order valence-electron chi connectivity index (χ0n) is 28.5. The van der Waals surface area contributed by atoms with Crippen LogP contribution < -0.4 is 11.1 Å². The molecular formula is C37H39N7O7. The number of hydrogen-bond donors (Lipinski definition) is 2. The molecule has 3 fully saturated rings. The Morgan fingerprint density at radius 2 is 1.92 bits per heavy atom. The molecule has 0 saturated carbocycles. The molecule has 14 heteroatoms. The largest absolute Gasteiger partial charge is 0.355 e. The number of fused-ring (bicyclic) bond motifs is 3. The summed E-state index contributed by atoms with van der Waals surface area (Å²) in [7, 11) is 1.69. The Labute approximate surface area is 294 Å². The smallest absolute Gasteiger partial charge is 0.276 e. The van der Waals surface area contributed by atoms with E-state index in [1.165, 1.54) is 4.90 Å². The maximum absolute atomic E-state index is 13.7. The van der Waals surface area contributed by atoms with E-state index in [-0.39, 0.29) is 67.2 Å². The van der Waals surface area contributed by atoms with Gasteiger partial charge in [-0.1, -0.05) is 34.7 Å². The normalized spacial score (nSPS) is 23.3. The number of hydrogen-bond acceptors (Lipinski definition) is 9. The van der Waals surface area contributed by atoms with Crippen LogP contribution >= 0.6 is 0 Å². The van der Waals surface area contributed by atoms with E-state index in [4.69, 9.17) is 10.3 Å². The Bertz CT molecular complexity index is 2030. The first kappa shape index (κ1) is 33.9. The van der Waals surface area contributed by atoms with Crippen molar-refractivity contribution in [3.63, 3.8) is 0 Å². The molecule has 51 heavy (non-hydrogen) atoms. The molecule has 5 heterocycles.